The fourth-order valence-electron chi connectivity index (χ4n) is 7.88. The molecule has 0 aliphatic heterocycles. The molecule has 0 N–H and O–H groups in total. The van der Waals surface area contributed by atoms with Gasteiger partial charge in [-0.1, -0.05) is 140 Å². The van der Waals surface area contributed by atoms with Crippen LogP contribution in [0, 0.1) is 0 Å². The van der Waals surface area contributed by atoms with Crippen LogP contribution in [0.4, 0.5) is 0 Å². The molecule has 0 saturated carbocycles. The molecule has 0 unspecified atom stereocenters. The van der Waals surface area contributed by atoms with Crippen molar-refractivity contribution in [2.45, 2.75) is 0 Å². The van der Waals surface area contributed by atoms with E-state index < -0.39 is 0 Å². The van der Waals surface area contributed by atoms with Gasteiger partial charge in [0.1, 0.15) is 11.2 Å². The van der Waals surface area contributed by atoms with Gasteiger partial charge in [-0.2, -0.15) is 0 Å². The number of aromatic nitrogens is 4. The number of rotatable bonds is 5. The summed E-state index contributed by atoms with van der Waals surface area (Å²) >= 11 is 0. The Balaban J connectivity index is 1.18. The van der Waals surface area contributed by atoms with E-state index in [1.807, 2.05) is 66.7 Å². The zero-order valence-corrected chi connectivity index (χ0v) is 29.0. The van der Waals surface area contributed by atoms with Crippen molar-refractivity contribution in [3.05, 3.63) is 182 Å². The van der Waals surface area contributed by atoms with Crippen molar-refractivity contribution in [3.63, 3.8) is 0 Å². The third kappa shape index (κ3) is 4.83. The summed E-state index contributed by atoms with van der Waals surface area (Å²) in [6.07, 6.45) is 0. The molecule has 0 aliphatic rings. The maximum Gasteiger partial charge on any atom is 0.164 e. The predicted molar refractivity (Wildman–Crippen MR) is 221 cm³/mol. The highest BCUT2D eigenvalue weighted by atomic mass is 16.3. The van der Waals surface area contributed by atoms with E-state index in [9.17, 15) is 0 Å². The van der Waals surface area contributed by atoms with E-state index in [1.54, 1.807) is 0 Å². The van der Waals surface area contributed by atoms with Crippen LogP contribution in [-0.4, -0.2) is 19.5 Å². The lowest BCUT2D eigenvalue weighted by Gasteiger charge is -2.12. The Kier molecular flexibility index (Phi) is 6.79. The number of fused-ring (bicyclic) bond motifs is 7. The second kappa shape index (κ2) is 12.1. The second-order valence-corrected chi connectivity index (χ2v) is 13.6. The van der Waals surface area contributed by atoms with Gasteiger partial charge >= 0.3 is 0 Å². The van der Waals surface area contributed by atoms with Gasteiger partial charge in [-0.25, -0.2) is 15.0 Å². The third-order valence-corrected chi connectivity index (χ3v) is 10.4. The molecule has 0 atom stereocenters. The van der Waals surface area contributed by atoms with Crippen molar-refractivity contribution in [2.24, 2.45) is 0 Å². The van der Waals surface area contributed by atoms with Gasteiger partial charge < -0.3 is 8.98 Å². The second-order valence-electron chi connectivity index (χ2n) is 13.6. The van der Waals surface area contributed by atoms with Crippen LogP contribution in [0.2, 0.25) is 0 Å². The number of nitrogens with zero attached hydrogens (tertiary/aromatic N) is 4. The summed E-state index contributed by atoms with van der Waals surface area (Å²) in [5.74, 6) is 1.83. The molecule has 54 heavy (non-hydrogen) atoms. The highest BCUT2D eigenvalue weighted by Crippen LogP contribution is 2.43. The molecule has 8 aromatic carbocycles. The van der Waals surface area contributed by atoms with Gasteiger partial charge in [-0.3, -0.25) is 0 Å². The summed E-state index contributed by atoms with van der Waals surface area (Å²) in [5, 5.41) is 6.94. The fourth-order valence-corrected chi connectivity index (χ4v) is 7.88. The lowest BCUT2D eigenvalue weighted by atomic mass is 10.0. The van der Waals surface area contributed by atoms with Crippen LogP contribution >= 0.6 is 0 Å². The molecule has 0 bridgehead atoms. The molecule has 11 rings (SSSR count). The van der Waals surface area contributed by atoms with E-state index in [4.69, 9.17) is 19.4 Å². The lowest BCUT2D eigenvalue weighted by molar-refractivity contribution is 0.670. The predicted octanol–water partition coefficient (Wildman–Crippen LogP) is 12.7. The molecule has 0 spiro atoms. The summed E-state index contributed by atoms with van der Waals surface area (Å²) in [7, 11) is 0. The first-order valence-electron chi connectivity index (χ1n) is 18.1. The number of furan rings is 1. The van der Waals surface area contributed by atoms with Gasteiger partial charge in [-0.15, -0.1) is 0 Å². The quantitative estimate of drug-likeness (QED) is 0.180. The van der Waals surface area contributed by atoms with Crippen LogP contribution in [0.3, 0.4) is 0 Å². The monoisotopic (exact) mass is 690 g/mol. The summed E-state index contributed by atoms with van der Waals surface area (Å²) in [5.41, 5.74) is 9.81. The molecule has 0 aliphatic carbocycles. The van der Waals surface area contributed by atoms with Gasteiger partial charge in [0.2, 0.25) is 0 Å². The first-order chi connectivity index (χ1) is 26.8. The Morgan fingerprint density at radius 1 is 0.389 bits per heavy atom. The van der Waals surface area contributed by atoms with Gasteiger partial charge in [-0.05, 0) is 58.8 Å². The van der Waals surface area contributed by atoms with Crippen molar-refractivity contribution in [2.75, 3.05) is 0 Å². The maximum absolute atomic E-state index is 6.98. The Hall–Kier alpha value is -7.37. The molecule has 3 heterocycles. The van der Waals surface area contributed by atoms with Gasteiger partial charge in [0.05, 0.1) is 22.1 Å². The average Bonchev–Trinajstić information content (AvgIpc) is 3.79. The molecule has 11 aromatic rings. The molecule has 3 aromatic heterocycles. The largest absolute Gasteiger partial charge is 0.455 e. The van der Waals surface area contributed by atoms with E-state index >= 15 is 0 Å². The van der Waals surface area contributed by atoms with Crippen molar-refractivity contribution in [1.82, 2.24) is 19.5 Å². The number of benzene rings is 8. The minimum atomic E-state index is 0.586. The Morgan fingerprint density at radius 3 is 1.65 bits per heavy atom. The van der Waals surface area contributed by atoms with Crippen LogP contribution < -0.4 is 0 Å². The normalized spacial score (nSPS) is 11.7. The first kappa shape index (κ1) is 30.3. The minimum Gasteiger partial charge on any atom is -0.455 e. The minimum absolute atomic E-state index is 0.586. The Labute approximate surface area is 310 Å². The van der Waals surface area contributed by atoms with Crippen molar-refractivity contribution in [3.8, 4) is 51.0 Å². The van der Waals surface area contributed by atoms with E-state index in [2.05, 4.69) is 120 Å². The van der Waals surface area contributed by atoms with Crippen molar-refractivity contribution in [1.29, 1.82) is 0 Å². The van der Waals surface area contributed by atoms with Crippen LogP contribution in [0.25, 0.3) is 105 Å². The SMILES string of the molecule is c1ccc(-c2nc(-c3ccccc3)nc(-c3ccc4c(c3)oc3c(-c5ccccc5)ccc(-n5c6ccccc6c6cc7ccccc7cc65)c34)n2)cc1. The van der Waals surface area contributed by atoms with Crippen LogP contribution in [0.15, 0.2) is 186 Å². The summed E-state index contributed by atoms with van der Waals surface area (Å²) in [6, 6.07) is 63.3. The Morgan fingerprint density at radius 2 is 0.963 bits per heavy atom. The zero-order valence-electron chi connectivity index (χ0n) is 29.0. The molecule has 5 nitrogen and oxygen atoms in total. The van der Waals surface area contributed by atoms with E-state index in [0.29, 0.717) is 17.5 Å². The van der Waals surface area contributed by atoms with E-state index in [-0.39, 0.29) is 0 Å². The highest BCUT2D eigenvalue weighted by molar-refractivity contribution is 6.18. The van der Waals surface area contributed by atoms with Gasteiger partial charge in [0.15, 0.2) is 17.5 Å². The number of para-hydroxylation sites is 1. The molecule has 0 fully saturated rings. The molecule has 0 saturated heterocycles. The summed E-state index contributed by atoms with van der Waals surface area (Å²) < 4.78 is 9.38. The number of hydrogen-bond donors (Lipinski definition) is 0. The Bertz CT molecular complexity index is 3140. The zero-order chi connectivity index (χ0) is 35.6. The fraction of sp³-hybridized carbons (Fsp3) is 0. The summed E-state index contributed by atoms with van der Waals surface area (Å²) in [4.78, 5) is 14.9. The molecular weight excluding hydrogens is 661 g/mol. The first-order valence-corrected chi connectivity index (χ1v) is 18.1. The maximum atomic E-state index is 6.98. The topological polar surface area (TPSA) is 56.7 Å². The van der Waals surface area contributed by atoms with Crippen LogP contribution in [0.1, 0.15) is 0 Å². The smallest absolute Gasteiger partial charge is 0.164 e. The third-order valence-electron chi connectivity index (χ3n) is 10.4. The van der Waals surface area contributed by atoms with Gasteiger partial charge in [0, 0.05) is 38.4 Å². The molecule has 0 amide bonds. The lowest BCUT2D eigenvalue weighted by Crippen LogP contribution is -2.00. The molecular formula is C49H30N4O. The standard InChI is InChI=1S/C49H30N4O/c1-4-14-31(15-5-1)37-26-27-42(53-41-23-13-12-22-38(41)40-28-34-20-10-11-21-35(34)29-43(40)53)45-39-25-24-36(30-44(39)54-46(37)45)49-51-47(32-16-6-2-7-17-32)50-48(52-49)33-18-8-3-9-19-33/h1-30H. The van der Waals surface area contributed by atoms with Gasteiger partial charge in [0.25, 0.3) is 0 Å². The number of hydrogen-bond acceptors (Lipinski definition) is 4. The van der Waals surface area contributed by atoms with E-state index in [1.165, 1.54) is 21.5 Å². The van der Waals surface area contributed by atoms with Crippen LogP contribution in [-0.2, 0) is 0 Å². The van der Waals surface area contributed by atoms with Crippen LogP contribution in [0.5, 0.6) is 0 Å². The average molecular weight is 691 g/mol. The highest BCUT2D eigenvalue weighted by Gasteiger charge is 2.22. The van der Waals surface area contributed by atoms with Crippen molar-refractivity contribution >= 4 is 54.5 Å². The van der Waals surface area contributed by atoms with Crippen molar-refractivity contribution < 1.29 is 4.42 Å². The van der Waals surface area contributed by atoms with E-state index in [0.717, 1.165) is 66.5 Å². The molecule has 0 radical (unpaired) electrons. The molecule has 5 heteroatoms. The summed E-state index contributed by atoms with van der Waals surface area (Å²) in [6.45, 7) is 0. The molecule has 252 valence electrons.